The predicted octanol–water partition coefficient (Wildman–Crippen LogP) is 3.79. The molecule has 0 saturated heterocycles. The van der Waals surface area contributed by atoms with Gasteiger partial charge in [-0.15, -0.1) is 0 Å². The summed E-state index contributed by atoms with van der Waals surface area (Å²) in [6.07, 6.45) is 0. The van der Waals surface area contributed by atoms with Gasteiger partial charge in [0.15, 0.2) is 5.13 Å². The van der Waals surface area contributed by atoms with Gasteiger partial charge in [0, 0.05) is 18.3 Å². The van der Waals surface area contributed by atoms with Crippen molar-refractivity contribution in [2.45, 2.75) is 18.7 Å². The van der Waals surface area contributed by atoms with Gasteiger partial charge in [-0.2, -0.15) is 0 Å². The third-order valence-electron chi connectivity index (χ3n) is 5.13. The van der Waals surface area contributed by atoms with E-state index in [0.717, 1.165) is 10.2 Å². The number of benzene rings is 2. The third kappa shape index (κ3) is 4.82. The Hall–Kier alpha value is -3.64. The van der Waals surface area contributed by atoms with Gasteiger partial charge in [-0.05, 0) is 50.2 Å². The van der Waals surface area contributed by atoms with Crippen molar-refractivity contribution in [1.82, 2.24) is 10.1 Å². The number of fused-ring (bicyclic) bond motifs is 1. The van der Waals surface area contributed by atoms with Crippen LogP contribution in [-0.4, -0.2) is 45.2 Å². The minimum absolute atomic E-state index is 0.0273. The number of hydrogen-bond acceptors (Lipinski definition) is 9. The van der Waals surface area contributed by atoms with Crippen LogP contribution in [0.1, 0.15) is 11.3 Å². The molecule has 2 aromatic heterocycles. The van der Waals surface area contributed by atoms with E-state index < -0.39 is 10.0 Å². The molecule has 0 fully saturated rings. The van der Waals surface area contributed by atoms with E-state index in [1.807, 2.05) is 18.2 Å². The number of aromatic nitrogens is 2. The first-order chi connectivity index (χ1) is 16.2. The van der Waals surface area contributed by atoms with Crippen LogP contribution in [0.3, 0.4) is 0 Å². The van der Waals surface area contributed by atoms with Gasteiger partial charge in [0.05, 0.1) is 28.9 Å². The van der Waals surface area contributed by atoms with Crippen molar-refractivity contribution < 1.29 is 22.5 Å². The van der Waals surface area contributed by atoms with Crippen molar-refractivity contribution >= 4 is 54.2 Å². The lowest BCUT2D eigenvalue weighted by Crippen LogP contribution is -2.29. The van der Waals surface area contributed by atoms with Crippen molar-refractivity contribution in [3.63, 3.8) is 0 Å². The Morgan fingerprint density at radius 2 is 1.91 bits per heavy atom. The van der Waals surface area contributed by atoms with Crippen LogP contribution in [0.5, 0.6) is 5.75 Å². The van der Waals surface area contributed by atoms with E-state index in [9.17, 15) is 13.2 Å². The van der Waals surface area contributed by atoms with Crippen LogP contribution in [-0.2, 0) is 14.8 Å². The molecule has 1 amide bonds. The second-order valence-electron chi connectivity index (χ2n) is 7.56. The highest BCUT2D eigenvalue weighted by Crippen LogP contribution is 2.33. The number of methoxy groups -OCH3 is 1. The summed E-state index contributed by atoms with van der Waals surface area (Å²) in [5.41, 5.74) is 2.43. The summed E-state index contributed by atoms with van der Waals surface area (Å²) in [5.74, 6) is 0.483. The van der Waals surface area contributed by atoms with Crippen molar-refractivity contribution in [3.8, 4) is 5.75 Å². The molecule has 0 unspecified atom stereocenters. The number of nitrogens with one attached hydrogen (secondary N) is 2. The van der Waals surface area contributed by atoms with Crippen molar-refractivity contribution in [1.29, 1.82) is 0 Å². The quantitative estimate of drug-likeness (QED) is 0.373. The van der Waals surface area contributed by atoms with E-state index in [0.29, 0.717) is 27.8 Å². The molecule has 12 heteroatoms. The SMILES string of the molecule is COc1cccc2sc(N(C)CC(=O)Nc3ccc(S(=O)(=O)Nc4onc(C)c4C)cc3)nc12. The molecular formula is C22H23N5O5S2. The molecule has 2 heterocycles. The normalized spacial score (nSPS) is 11.4. The van der Waals surface area contributed by atoms with Gasteiger partial charge in [-0.25, -0.2) is 18.1 Å². The number of carbonyl (C=O) groups is 1. The summed E-state index contributed by atoms with van der Waals surface area (Å²) in [6, 6.07) is 11.5. The fraction of sp³-hybridized carbons (Fsp3) is 0.227. The molecule has 0 aliphatic heterocycles. The fourth-order valence-electron chi connectivity index (χ4n) is 3.13. The third-order valence-corrected chi connectivity index (χ3v) is 7.61. The molecule has 0 radical (unpaired) electrons. The number of amides is 1. The maximum Gasteiger partial charge on any atom is 0.264 e. The first kappa shape index (κ1) is 23.5. The van der Waals surface area contributed by atoms with Gasteiger partial charge in [0.2, 0.25) is 11.8 Å². The second kappa shape index (κ2) is 9.31. The van der Waals surface area contributed by atoms with Crippen LogP contribution in [0.4, 0.5) is 16.7 Å². The first-order valence-electron chi connectivity index (χ1n) is 10.2. The number of aryl methyl sites for hydroxylation is 1. The monoisotopic (exact) mass is 501 g/mol. The van der Waals surface area contributed by atoms with Crippen molar-refractivity contribution in [2.75, 3.05) is 35.6 Å². The summed E-state index contributed by atoms with van der Waals surface area (Å²) >= 11 is 1.46. The second-order valence-corrected chi connectivity index (χ2v) is 10.3. The zero-order chi connectivity index (χ0) is 24.5. The maximum atomic E-state index is 12.6. The predicted molar refractivity (Wildman–Crippen MR) is 131 cm³/mol. The summed E-state index contributed by atoms with van der Waals surface area (Å²) in [4.78, 5) is 18.9. The highest BCUT2D eigenvalue weighted by atomic mass is 32.2. The number of hydrogen-bond donors (Lipinski definition) is 2. The van der Waals surface area contributed by atoms with Gasteiger partial charge in [-0.3, -0.25) is 4.79 Å². The zero-order valence-electron chi connectivity index (χ0n) is 18.9. The molecule has 34 heavy (non-hydrogen) atoms. The van der Waals surface area contributed by atoms with E-state index >= 15 is 0 Å². The lowest BCUT2D eigenvalue weighted by atomic mass is 10.3. The number of ether oxygens (including phenoxy) is 1. The Morgan fingerprint density at radius 1 is 1.18 bits per heavy atom. The summed E-state index contributed by atoms with van der Waals surface area (Å²) in [6.45, 7) is 3.50. The Morgan fingerprint density at radius 3 is 2.56 bits per heavy atom. The summed E-state index contributed by atoms with van der Waals surface area (Å²) in [5, 5.41) is 7.19. The van der Waals surface area contributed by atoms with Crippen LogP contribution in [0.15, 0.2) is 51.9 Å². The molecule has 0 aliphatic rings. The van der Waals surface area contributed by atoms with Crippen LogP contribution in [0.25, 0.3) is 10.2 Å². The largest absolute Gasteiger partial charge is 0.494 e. The fourth-order valence-corrected chi connectivity index (χ4v) is 5.12. The van der Waals surface area contributed by atoms with Crippen LogP contribution < -0.4 is 19.7 Å². The number of nitrogens with zero attached hydrogens (tertiary/aromatic N) is 3. The molecule has 0 atom stereocenters. The van der Waals surface area contributed by atoms with Crippen molar-refractivity contribution in [2.24, 2.45) is 0 Å². The van der Waals surface area contributed by atoms with E-state index in [4.69, 9.17) is 9.26 Å². The number of rotatable bonds is 8. The minimum atomic E-state index is -3.86. The van der Waals surface area contributed by atoms with Gasteiger partial charge in [0.1, 0.15) is 11.3 Å². The maximum absolute atomic E-state index is 12.6. The van der Waals surface area contributed by atoms with Crippen LogP contribution >= 0.6 is 11.3 Å². The molecule has 0 bridgehead atoms. The highest BCUT2D eigenvalue weighted by Gasteiger charge is 2.19. The minimum Gasteiger partial charge on any atom is -0.494 e. The molecule has 178 valence electrons. The number of thiazole rings is 1. The zero-order valence-corrected chi connectivity index (χ0v) is 20.6. The van der Waals surface area contributed by atoms with Crippen LogP contribution in [0.2, 0.25) is 0 Å². The summed E-state index contributed by atoms with van der Waals surface area (Å²) < 4.78 is 38.9. The lowest BCUT2D eigenvalue weighted by molar-refractivity contribution is -0.114. The average molecular weight is 502 g/mol. The Kier molecular flexibility index (Phi) is 6.44. The molecule has 2 aromatic carbocycles. The number of likely N-dealkylation sites (N-methyl/N-ethyl adjacent to an activating group) is 1. The number of carbonyl (C=O) groups excluding carboxylic acids is 1. The van der Waals surface area contributed by atoms with Gasteiger partial charge in [0.25, 0.3) is 10.0 Å². The van der Waals surface area contributed by atoms with Crippen LogP contribution in [0, 0.1) is 13.8 Å². The molecule has 4 rings (SSSR count). The molecular weight excluding hydrogens is 478 g/mol. The molecule has 10 nitrogen and oxygen atoms in total. The summed E-state index contributed by atoms with van der Waals surface area (Å²) in [7, 11) is -0.496. The molecule has 4 aromatic rings. The van der Waals surface area contributed by atoms with E-state index in [2.05, 4.69) is 20.2 Å². The average Bonchev–Trinajstić information content (AvgIpc) is 3.38. The molecule has 0 saturated carbocycles. The number of anilines is 3. The van der Waals surface area contributed by atoms with Gasteiger partial charge < -0.3 is 19.5 Å². The van der Waals surface area contributed by atoms with Gasteiger partial charge in [-0.1, -0.05) is 22.6 Å². The Bertz CT molecular complexity index is 1440. The standard InChI is InChI=1S/C22H23N5O5S2/c1-13-14(2)25-32-21(13)26-34(29,30)16-10-8-15(9-11-16)23-19(28)12-27(3)22-24-20-17(31-4)6-5-7-18(20)33-22/h5-11,26H,12H2,1-4H3,(H,23,28). The Labute approximate surface area is 200 Å². The molecule has 0 spiro atoms. The highest BCUT2D eigenvalue weighted by molar-refractivity contribution is 7.92. The van der Waals surface area contributed by atoms with E-state index in [1.165, 1.54) is 35.6 Å². The van der Waals surface area contributed by atoms with E-state index in [-0.39, 0.29) is 23.2 Å². The smallest absolute Gasteiger partial charge is 0.264 e. The van der Waals surface area contributed by atoms with E-state index in [1.54, 1.807) is 32.9 Å². The number of sulfonamides is 1. The Balaban J connectivity index is 1.40. The molecule has 0 aliphatic carbocycles. The van der Waals surface area contributed by atoms with Crippen molar-refractivity contribution in [3.05, 3.63) is 53.7 Å². The topological polar surface area (TPSA) is 127 Å². The lowest BCUT2D eigenvalue weighted by Gasteiger charge is -2.15. The number of para-hydroxylation sites is 1. The van der Waals surface area contributed by atoms with Gasteiger partial charge >= 0.3 is 0 Å². The first-order valence-corrected chi connectivity index (χ1v) is 12.5. The molecule has 2 N–H and O–H groups in total.